The van der Waals surface area contributed by atoms with E-state index < -0.39 is 5.97 Å². The molecule has 7 nitrogen and oxygen atoms in total. The Bertz CT molecular complexity index is 1070. The number of rotatable bonds is 4. The molecule has 0 N–H and O–H groups in total. The fourth-order valence-corrected chi connectivity index (χ4v) is 3.28. The van der Waals surface area contributed by atoms with Crippen LogP contribution in [0.15, 0.2) is 53.2 Å². The number of benzene rings is 2. The van der Waals surface area contributed by atoms with Crippen molar-refractivity contribution in [1.29, 1.82) is 0 Å². The molecule has 2 aliphatic rings. The summed E-state index contributed by atoms with van der Waals surface area (Å²) >= 11 is 0. The van der Waals surface area contributed by atoms with E-state index in [1.54, 1.807) is 46.5 Å². The number of carbonyl (C=O) groups is 1. The number of cyclic esters (lactones) is 1. The van der Waals surface area contributed by atoms with Crippen LogP contribution < -0.4 is 18.9 Å². The summed E-state index contributed by atoms with van der Waals surface area (Å²) in [6.45, 7) is 1.64. The summed E-state index contributed by atoms with van der Waals surface area (Å²) in [5.41, 5.74) is 2.31. The molecule has 0 bridgehead atoms. The fourth-order valence-electron chi connectivity index (χ4n) is 3.28. The molecule has 0 aromatic heterocycles. The molecular formula is C22H19NO6. The van der Waals surface area contributed by atoms with Gasteiger partial charge in [-0.15, -0.1) is 0 Å². The molecule has 2 aromatic rings. The standard InChI is InChI=1S/C22H19NO6/c1-12-23-20(22(24)28-12)15-11-17(29-16-8-6-5-7-14(15)16)13-9-18(25-2)21(27-4)19(10-13)26-3/h5-11H,1-4H3/b20-15-. The van der Waals surface area contributed by atoms with E-state index in [0.29, 0.717) is 45.8 Å². The number of hydrogen-bond acceptors (Lipinski definition) is 7. The third-order valence-electron chi connectivity index (χ3n) is 4.58. The smallest absolute Gasteiger partial charge is 0.364 e. The molecular weight excluding hydrogens is 374 g/mol. The molecule has 0 amide bonds. The predicted octanol–water partition coefficient (Wildman–Crippen LogP) is 3.83. The van der Waals surface area contributed by atoms with Gasteiger partial charge in [-0.05, 0) is 24.3 Å². The molecule has 7 heteroatoms. The molecule has 0 saturated carbocycles. The first kappa shape index (κ1) is 18.6. The minimum absolute atomic E-state index is 0.239. The van der Waals surface area contributed by atoms with Gasteiger partial charge < -0.3 is 23.7 Å². The third kappa shape index (κ3) is 3.20. The number of nitrogens with zero attached hydrogens (tertiary/aromatic N) is 1. The lowest BCUT2D eigenvalue weighted by molar-refractivity contribution is -0.130. The van der Waals surface area contributed by atoms with Crippen LogP contribution in [0.2, 0.25) is 0 Å². The Morgan fingerprint density at radius 2 is 1.62 bits per heavy atom. The van der Waals surface area contributed by atoms with Gasteiger partial charge in [-0.25, -0.2) is 9.79 Å². The van der Waals surface area contributed by atoms with Crippen LogP contribution in [-0.4, -0.2) is 33.2 Å². The number of methoxy groups -OCH3 is 3. The van der Waals surface area contributed by atoms with Crippen LogP contribution >= 0.6 is 0 Å². The number of carbonyl (C=O) groups excluding carboxylic acids is 1. The van der Waals surface area contributed by atoms with E-state index >= 15 is 0 Å². The van der Waals surface area contributed by atoms with Crippen molar-refractivity contribution in [2.24, 2.45) is 4.99 Å². The zero-order valence-corrected chi connectivity index (χ0v) is 16.4. The van der Waals surface area contributed by atoms with Gasteiger partial charge in [0.2, 0.25) is 5.75 Å². The minimum Gasteiger partial charge on any atom is -0.493 e. The van der Waals surface area contributed by atoms with E-state index in [0.717, 1.165) is 5.56 Å². The SMILES string of the molecule is COc1cc(C2=C/C(=C3/N=C(C)OC3=O)c3ccccc3O2)cc(OC)c1OC. The highest BCUT2D eigenvalue weighted by Gasteiger charge is 2.29. The van der Waals surface area contributed by atoms with Crippen molar-refractivity contribution in [2.45, 2.75) is 6.92 Å². The summed E-state index contributed by atoms with van der Waals surface area (Å²) in [6, 6.07) is 11.0. The van der Waals surface area contributed by atoms with Gasteiger partial charge in [-0.1, -0.05) is 18.2 Å². The summed E-state index contributed by atoms with van der Waals surface area (Å²) in [4.78, 5) is 16.6. The van der Waals surface area contributed by atoms with Gasteiger partial charge in [0, 0.05) is 23.6 Å². The molecule has 0 fully saturated rings. The van der Waals surface area contributed by atoms with Crippen molar-refractivity contribution in [3.05, 3.63) is 59.3 Å². The first-order valence-electron chi connectivity index (χ1n) is 8.86. The Hall–Kier alpha value is -3.74. The molecule has 0 aliphatic carbocycles. The van der Waals surface area contributed by atoms with Crippen molar-refractivity contribution in [2.75, 3.05) is 21.3 Å². The van der Waals surface area contributed by atoms with Gasteiger partial charge in [0.25, 0.3) is 0 Å². The maximum absolute atomic E-state index is 12.3. The zero-order chi connectivity index (χ0) is 20.5. The second-order valence-electron chi connectivity index (χ2n) is 6.30. The van der Waals surface area contributed by atoms with Crippen LogP contribution in [0.3, 0.4) is 0 Å². The maximum Gasteiger partial charge on any atom is 0.364 e. The fraction of sp³-hybridized carbons (Fsp3) is 0.182. The maximum atomic E-state index is 12.3. The molecule has 4 rings (SSSR count). The highest BCUT2D eigenvalue weighted by Crippen LogP contribution is 2.44. The van der Waals surface area contributed by atoms with Gasteiger partial charge in [0.05, 0.1) is 21.3 Å². The van der Waals surface area contributed by atoms with E-state index in [2.05, 4.69) is 4.99 Å². The second kappa shape index (κ2) is 7.35. The van der Waals surface area contributed by atoms with Crippen molar-refractivity contribution in [3.63, 3.8) is 0 Å². The van der Waals surface area contributed by atoms with E-state index in [1.807, 2.05) is 24.3 Å². The van der Waals surface area contributed by atoms with Crippen molar-refractivity contribution in [1.82, 2.24) is 0 Å². The molecule has 148 valence electrons. The van der Waals surface area contributed by atoms with E-state index in [-0.39, 0.29) is 5.70 Å². The van der Waals surface area contributed by atoms with Gasteiger partial charge >= 0.3 is 5.97 Å². The highest BCUT2D eigenvalue weighted by molar-refractivity contribution is 6.11. The van der Waals surface area contributed by atoms with Gasteiger partial charge in [-0.3, -0.25) is 0 Å². The van der Waals surface area contributed by atoms with Crippen LogP contribution in [0.25, 0.3) is 11.3 Å². The van der Waals surface area contributed by atoms with E-state index in [1.165, 1.54) is 0 Å². The summed E-state index contributed by atoms with van der Waals surface area (Å²) in [6.07, 6.45) is 1.77. The van der Waals surface area contributed by atoms with Crippen LogP contribution in [0.4, 0.5) is 0 Å². The van der Waals surface area contributed by atoms with Gasteiger partial charge in [-0.2, -0.15) is 0 Å². The molecule has 0 radical (unpaired) electrons. The summed E-state index contributed by atoms with van der Waals surface area (Å²) in [7, 11) is 4.64. The largest absolute Gasteiger partial charge is 0.493 e. The number of fused-ring (bicyclic) bond motifs is 1. The molecule has 0 saturated heterocycles. The van der Waals surface area contributed by atoms with Crippen LogP contribution in [0.1, 0.15) is 18.1 Å². The monoisotopic (exact) mass is 393 g/mol. The van der Waals surface area contributed by atoms with E-state index in [9.17, 15) is 4.79 Å². The number of allylic oxidation sites excluding steroid dienone is 2. The van der Waals surface area contributed by atoms with Crippen molar-refractivity contribution in [3.8, 4) is 23.0 Å². The lowest BCUT2D eigenvalue weighted by Crippen LogP contribution is -2.08. The minimum atomic E-state index is -0.491. The number of para-hydroxylation sites is 1. The van der Waals surface area contributed by atoms with E-state index in [4.69, 9.17) is 23.7 Å². The lowest BCUT2D eigenvalue weighted by atomic mass is 9.97. The van der Waals surface area contributed by atoms with Crippen LogP contribution in [0.5, 0.6) is 23.0 Å². The Morgan fingerprint density at radius 1 is 0.931 bits per heavy atom. The highest BCUT2D eigenvalue weighted by atomic mass is 16.6. The Kier molecular flexibility index (Phi) is 4.72. The lowest BCUT2D eigenvalue weighted by Gasteiger charge is -2.22. The van der Waals surface area contributed by atoms with Crippen LogP contribution in [0, 0.1) is 0 Å². The molecule has 2 heterocycles. The van der Waals surface area contributed by atoms with Gasteiger partial charge in [0.15, 0.2) is 23.1 Å². The number of hydrogen-bond donors (Lipinski definition) is 0. The Morgan fingerprint density at radius 3 is 2.21 bits per heavy atom. The molecule has 0 spiro atoms. The topological polar surface area (TPSA) is 75.6 Å². The predicted molar refractivity (Wildman–Crippen MR) is 107 cm³/mol. The summed E-state index contributed by atoms with van der Waals surface area (Å²) in [5, 5.41) is 0. The average molecular weight is 393 g/mol. The molecule has 2 aliphatic heterocycles. The zero-order valence-electron chi connectivity index (χ0n) is 16.4. The quantitative estimate of drug-likeness (QED) is 0.580. The van der Waals surface area contributed by atoms with Crippen molar-refractivity contribution < 1.29 is 28.5 Å². The number of aliphatic imine (C=N–C) groups is 1. The molecule has 2 aromatic carbocycles. The molecule has 29 heavy (non-hydrogen) atoms. The number of ether oxygens (including phenoxy) is 5. The normalized spacial score (nSPS) is 17.6. The van der Waals surface area contributed by atoms with Crippen LogP contribution in [-0.2, 0) is 9.53 Å². The summed E-state index contributed by atoms with van der Waals surface area (Å²) < 4.78 is 27.5. The summed E-state index contributed by atoms with van der Waals surface area (Å²) in [5.74, 6) is 2.40. The first-order chi connectivity index (χ1) is 14.0. The second-order valence-corrected chi connectivity index (χ2v) is 6.30. The number of esters is 1. The molecule has 0 unspecified atom stereocenters. The third-order valence-corrected chi connectivity index (χ3v) is 4.58. The van der Waals surface area contributed by atoms with Crippen molar-refractivity contribution >= 4 is 23.2 Å². The molecule has 0 atom stereocenters. The van der Waals surface area contributed by atoms with Gasteiger partial charge in [0.1, 0.15) is 11.5 Å². The average Bonchev–Trinajstić information content (AvgIpc) is 3.09. The first-order valence-corrected chi connectivity index (χ1v) is 8.86. The Balaban J connectivity index is 1.92. The Labute approximate surface area is 167 Å².